The molecule has 2 aromatic rings. The molecule has 1 aromatic carbocycles. The van der Waals surface area contributed by atoms with E-state index < -0.39 is 19.1 Å². The number of aryl methyl sites for hydroxylation is 2. The number of carboxylic acids is 1. The van der Waals surface area contributed by atoms with Gasteiger partial charge in [-0.25, -0.2) is 9.78 Å². The number of nitrogens with zero attached hydrogens (tertiary/aromatic N) is 2. The molecule has 4 rings (SSSR count). The van der Waals surface area contributed by atoms with Gasteiger partial charge in [0.1, 0.15) is 35.0 Å². The Hall–Kier alpha value is -3.05. The Morgan fingerprint density at radius 3 is 2.86 bits per heavy atom. The fourth-order valence-corrected chi connectivity index (χ4v) is 3.51. The van der Waals surface area contributed by atoms with Gasteiger partial charge in [0.05, 0.1) is 25.0 Å². The first-order valence-corrected chi connectivity index (χ1v) is 9.30. The predicted molar refractivity (Wildman–Crippen MR) is 102 cm³/mol. The molecule has 0 saturated carbocycles. The van der Waals surface area contributed by atoms with Gasteiger partial charge in [-0.1, -0.05) is 6.07 Å². The molecule has 3 heterocycles. The number of carbonyl (C=O) groups excluding carboxylic acids is 1. The minimum atomic E-state index is -1.20. The number of rotatable bonds is 5. The number of H-pyrrole nitrogens is 1. The number of likely N-dealkylation sites (tertiary alicyclic amines) is 1. The number of aromatic carboxylic acids is 1. The number of imidazole rings is 1. The molecule has 0 aliphatic carbocycles. The molecular formula is C18H21BN4O6. The average Bonchev–Trinajstić information content (AvgIpc) is 3.08. The number of aromatic amines is 1. The fraction of sp³-hybridized carbons (Fsp3) is 0.389. The number of carboxylic acid groups (broad SMARTS) is 1. The zero-order valence-electron chi connectivity index (χ0n) is 15.8. The molecule has 1 aromatic heterocycles. The summed E-state index contributed by atoms with van der Waals surface area (Å²) in [6.07, 6.45) is 2.10. The molecule has 29 heavy (non-hydrogen) atoms. The fourth-order valence-electron chi connectivity index (χ4n) is 3.51. The lowest BCUT2D eigenvalue weighted by Crippen LogP contribution is -2.58. The van der Waals surface area contributed by atoms with E-state index in [0.717, 1.165) is 0 Å². The highest BCUT2D eigenvalue weighted by atomic mass is 16.5. The summed E-state index contributed by atoms with van der Waals surface area (Å²) in [6, 6.07) is 2.49. The first kappa shape index (κ1) is 19.3. The zero-order valence-corrected chi connectivity index (χ0v) is 15.8. The van der Waals surface area contributed by atoms with Gasteiger partial charge in [0, 0.05) is 0 Å². The van der Waals surface area contributed by atoms with Crippen LogP contribution >= 0.6 is 0 Å². The molecule has 2 aliphatic rings. The summed E-state index contributed by atoms with van der Waals surface area (Å²) in [4.78, 5) is 32.8. The molecule has 1 saturated heterocycles. The maximum atomic E-state index is 12.5. The number of hydrogen-bond acceptors (Lipinski definition) is 7. The molecule has 1 fully saturated rings. The summed E-state index contributed by atoms with van der Waals surface area (Å²) in [6.45, 7) is 2.36. The number of hydrogen-bond donors (Lipinski definition) is 4. The molecule has 0 radical (unpaired) electrons. The van der Waals surface area contributed by atoms with E-state index in [9.17, 15) is 19.7 Å². The molecular weight excluding hydrogens is 379 g/mol. The highest BCUT2D eigenvalue weighted by molar-refractivity contribution is 6.44. The molecule has 152 valence electrons. The lowest BCUT2D eigenvalue weighted by molar-refractivity contribution is -0.141. The summed E-state index contributed by atoms with van der Waals surface area (Å²) in [5.41, 5.74) is 7.13. The normalized spacial score (nSPS) is 17.2. The van der Waals surface area contributed by atoms with Crippen molar-refractivity contribution in [1.29, 1.82) is 0 Å². The van der Waals surface area contributed by atoms with Crippen LogP contribution < -0.4 is 15.1 Å². The van der Waals surface area contributed by atoms with Crippen LogP contribution in [0.4, 0.5) is 0 Å². The molecule has 0 unspecified atom stereocenters. The smallest absolute Gasteiger partial charge is 0.522 e. The first-order chi connectivity index (χ1) is 13.8. The molecule has 0 bridgehead atoms. The largest absolute Gasteiger partial charge is 0.535 e. The second-order valence-corrected chi connectivity index (χ2v) is 7.23. The van der Waals surface area contributed by atoms with Crippen molar-refractivity contribution in [3.05, 3.63) is 41.0 Å². The molecule has 0 spiro atoms. The van der Waals surface area contributed by atoms with Crippen LogP contribution in [0.2, 0.25) is 6.32 Å². The van der Waals surface area contributed by atoms with Crippen LogP contribution in [0.25, 0.3) is 0 Å². The molecule has 5 N–H and O–H groups in total. The monoisotopic (exact) mass is 400 g/mol. The Morgan fingerprint density at radius 2 is 2.21 bits per heavy atom. The first-order valence-electron chi connectivity index (χ1n) is 9.30. The van der Waals surface area contributed by atoms with Crippen molar-refractivity contribution in [3.63, 3.8) is 0 Å². The number of aromatic nitrogens is 2. The topological polar surface area (TPSA) is 151 Å². The van der Waals surface area contributed by atoms with Gasteiger partial charge in [-0.05, 0) is 31.3 Å². The maximum Gasteiger partial charge on any atom is 0.522 e. The summed E-state index contributed by atoms with van der Waals surface area (Å²) < 4.78 is 11.2. The van der Waals surface area contributed by atoms with E-state index in [0.29, 0.717) is 42.9 Å². The Bertz CT molecular complexity index is 958. The van der Waals surface area contributed by atoms with Crippen molar-refractivity contribution in [3.8, 4) is 11.5 Å². The lowest BCUT2D eigenvalue weighted by atomic mass is 9.78. The van der Waals surface area contributed by atoms with E-state index in [-0.39, 0.29) is 29.1 Å². The number of amides is 1. The van der Waals surface area contributed by atoms with Gasteiger partial charge in [-0.15, -0.1) is 0 Å². The third-order valence-corrected chi connectivity index (χ3v) is 5.11. The summed E-state index contributed by atoms with van der Waals surface area (Å²) in [7, 11) is -1.04. The van der Waals surface area contributed by atoms with Gasteiger partial charge in [-0.3, -0.25) is 4.79 Å². The van der Waals surface area contributed by atoms with Crippen LogP contribution in [0, 0.1) is 6.92 Å². The standard InChI is InChI=1S/C18H21BN4O6/c1-9-21-6-12(22-9)15(20)17(24)23-7-11(8-23)28-13-3-2-10-4-5-19(27)29-16(10)14(13)18(25)26/h2-3,6,11,15,27H,4-5,7-8,20H2,1H3,(H,21,22)(H,25,26)/t15-/m0/s1. The summed E-state index contributed by atoms with van der Waals surface area (Å²) >= 11 is 0. The van der Waals surface area contributed by atoms with Gasteiger partial charge in [0.15, 0.2) is 0 Å². The van der Waals surface area contributed by atoms with E-state index in [4.69, 9.17) is 15.1 Å². The number of carbonyl (C=O) groups is 2. The number of nitrogens with two attached hydrogens (primary N) is 1. The molecule has 10 nitrogen and oxygen atoms in total. The van der Waals surface area contributed by atoms with E-state index in [1.54, 1.807) is 24.0 Å². The van der Waals surface area contributed by atoms with Crippen molar-refractivity contribution < 1.29 is 29.1 Å². The SMILES string of the molecule is Cc1ncc([C@H](N)C(=O)N2CC(Oc3ccc4c(c3C(=O)O)OB(O)CC4)C2)[nH]1. The van der Waals surface area contributed by atoms with Crippen LogP contribution in [-0.4, -0.2) is 63.2 Å². The number of benzene rings is 1. The Morgan fingerprint density at radius 1 is 1.45 bits per heavy atom. The zero-order chi connectivity index (χ0) is 20.7. The Balaban J connectivity index is 1.43. The third-order valence-electron chi connectivity index (χ3n) is 5.11. The van der Waals surface area contributed by atoms with Crippen molar-refractivity contribution in [2.45, 2.75) is 31.8 Å². The van der Waals surface area contributed by atoms with Gasteiger partial charge in [-0.2, -0.15) is 0 Å². The maximum absolute atomic E-state index is 12.5. The highest BCUT2D eigenvalue weighted by Gasteiger charge is 2.37. The second-order valence-electron chi connectivity index (χ2n) is 7.23. The number of nitrogens with one attached hydrogen (secondary N) is 1. The van der Waals surface area contributed by atoms with E-state index in [1.165, 1.54) is 6.20 Å². The van der Waals surface area contributed by atoms with Crippen LogP contribution in [-0.2, 0) is 11.2 Å². The predicted octanol–water partition coefficient (Wildman–Crippen LogP) is 0.121. The van der Waals surface area contributed by atoms with Gasteiger partial charge >= 0.3 is 13.1 Å². The Kier molecular flexibility index (Phi) is 4.93. The van der Waals surface area contributed by atoms with Crippen molar-refractivity contribution in [2.24, 2.45) is 5.73 Å². The second kappa shape index (κ2) is 7.41. The minimum absolute atomic E-state index is 0.115. The minimum Gasteiger partial charge on any atom is -0.535 e. The van der Waals surface area contributed by atoms with Crippen LogP contribution in [0.15, 0.2) is 18.3 Å². The van der Waals surface area contributed by atoms with Crippen molar-refractivity contribution in [2.75, 3.05) is 13.1 Å². The van der Waals surface area contributed by atoms with Gasteiger partial charge < -0.3 is 35.1 Å². The third kappa shape index (κ3) is 3.66. The summed E-state index contributed by atoms with van der Waals surface area (Å²) in [5.74, 6) is -0.499. The van der Waals surface area contributed by atoms with E-state index in [1.807, 2.05) is 0 Å². The van der Waals surface area contributed by atoms with Crippen LogP contribution in [0.1, 0.15) is 33.5 Å². The Labute approximate surface area is 166 Å². The van der Waals surface area contributed by atoms with Gasteiger partial charge in [0.2, 0.25) is 5.91 Å². The number of fused-ring (bicyclic) bond motifs is 1. The van der Waals surface area contributed by atoms with E-state index >= 15 is 0 Å². The molecule has 11 heteroatoms. The lowest BCUT2D eigenvalue weighted by Gasteiger charge is -2.40. The molecule has 2 aliphatic heterocycles. The molecule has 1 atom stereocenters. The van der Waals surface area contributed by atoms with Crippen LogP contribution in [0.5, 0.6) is 11.5 Å². The highest BCUT2D eigenvalue weighted by Crippen LogP contribution is 2.37. The van der Waals surface area contributed by atoms with Crippen molar-refractivity contribution >= 4 is 19.0 Å². The van der Waals surface area contributed by atoms with Gasteiger partial charge in [0.25, 0.3) is 0 Å². The quantitative estimate of drug-likeness (QED) is 0.517. The summed E-state index contributed by atoms with van der Waals surface area (Å²) in [5, 5.41) is 19.3. The van der Waals surface area contributed by atoms with E-state index in [2.05, 4.69) is 9.97 Å². The average molecular weight is 400 g/mol. The van der Waals surface area contributed by atoms with Crippen LogP contribution in [0.3, 0.4) is 0 Å². The molecule has 1 amide bonds. The van der Waals surface area contributed by atoms with Crippen molar-refractivity contribution in [1.82, 2.24) is 14.9 Å². The number of ether oxygens (including phenoxy) is 1.